The zero-order valence-electron chi connectivity index (χ0n) is 9.99. The summed E-state index contributed by atoms with van der Waals surface area (Å²) in [7, 11) is 0. The zero-order chi connectivity index (χ0) is 12.3. The summed E-state index contributed by atoms with van der Waals surface area (Å²) >= 11 is 3.56. The quantitative estimate of drug-likeness (QED) is 0.833. The fourth-order valence-corrected chi connectivity index (χ4v) is 3.83. The molecule has 0 unspecified atom stereocenters. The van der Waals surface area contributed by atoms with E-state index in [2.05, 4.69) is 11.6 Å². The van der Waals surface area contributed by atoms with Gasteiger partial charge in [-0.15, -0.1) is 11.3 Å². The molecule has 17 heavy (non-hydrogen) atoms. The van der Waals surface area contributed by atoms with Gasteiger partial charge in [0.15, 0.2) is 0 Å². The first-order valence-electron chi connectivity index (χ1n) is 5.78. The number of primary amides is 1. The van der Waals surface area contributed by atoms with E-state index < -0.39 is 0 Å². The van der Waals surface area contributed by atoms with E-state index in [-0.39, 0.29) is 5.91 Å². The lowest BCUT2D eigenvalue weighted by molar-refractivity contribution is 0.100. The molecule has 0 aromatic carbocycles. The van der Waals surface area contributed by atoms with Crippen LogP contribution in [0, 0.1) is 0 Å². The number of amides is 1. The van der Waals surface area contributed by atoms with Crippen LogP contribution in [0.1, 0.15) is 34.5 Å². The SMILES string of the molecule is CSC1(CNCc2cc(C(N)=O)cs2)CCC1. The Bertz CT molecular complexity index is 393. The van der Waals surface area contributed by atoms with Crippen molar-refractivity contribution in [2.24, 2.45) is 5.73 Å². The Morgan fingerprint density at radius 1 is 1.65 bits per heavy atom. The fraction of sp³-hybridized carbons (Fsp3) is 0.583. The number of hydrogen-bond acceptors (Lipinski definition) is 4. The van der Waals surface area contributed by atoms with E-state index in [9.17, 15) is 4.79 Å². The number of thiophene rings is 1. The molecule has 1 aliphatic rings. The van der Waals surface area contributed by atoms with Crippen LogP contribution >= 0.6 is 23.1 Å². The van der Waals surface area contributed by atoms with Crippen LogP contribution in [0.5, 0.6) is 0 Å². The number of thioether (sulfide) groups is 1. The number of rotatable bonds is 6. The van der Waals surface area contributed by atoms with Crippen LogP contribution in [0.2, 0.25) is 0 Å². The van der Waals surface area contributed by atoms with Crippen LogP contribution in [-0.4, -0.2) is 23.5 Å². The molecule has 1 saturated carbocycles. The van der Waals surface area contributed by atoms with Gasteiger partial charge in [0.05, 0.1) is 5.56 Å². The minimum absolute atomic E-state index is 0.341. The molecule has 94 valence electrons. The molecule has 1 aromatic rings. The van der Waals surface area contributed by atoms with Gasteiger partial charge < -0.3 is 11.1 Å². The highest BCUT2D eigenvalue weighted by Crippen LogP contribution is 2.42. The molecule has 0 aliphatic heterocycles. The average Bonchev–Trinajstić information content (AvgIpc) is 2.71. The maximum atomic E-state index is 11.0. The largest absolute Gasteiger partial charge is 0.366 e. The van der Waals surface area contributed by atoms with Crippen molar-refractivity contribution >= 4 is 29.0 Å². The molecule has 0 saturated heterocycles. The minimum atomic E-state index is -0.341. The maximum Gasteiger partial charge on any atom is 0.249 e. The van der Waals surface area contributed by atoms with Gasteiger partial charge in [0, 0.05) is 28.1 Å². The van der Waals surface area contributed by atoms with Gasteiger partial charge in [0.1, 0.15) is 0 Å². The number of nitrogens with two attached hydrogens (primary N) is 1. The van der Waals surface area contributed by atoms with E-state index in [0.717, 1.165) is 13.1 Å². The summed E-state index contributed by atoms with van der Waals surface area (Å²) in [5, 5.41) is 5.31. The minimum Gasteiger partial charge on any atom is -0.366 e. The van der Waals surface area contributed by atoms with Crippen LogP contribution in [-0.2, 0) is 6.54 Å². The molecule has 1 aromatic heterocycles. The van der Waals surface area contributed by atoms with E-state index >= 15 is 0 Å². The van der Waals surface area contributed by atoms with Crippen molar-refractivity contribution in [1.29, 1.82) is 0 Å². The second-order valence-electron chi connectivity index (χ2n) is 4.51. The van der Waals surface area contributed by atoms with Gasteiger partial charge in [-0.05, 0) is 25.2 Å². The van der Waals surface area contributed by atoms with Crippen LogP contribution in [0.15, 0.2) is 11.4 Å². The molecular formula is C12H18N2OS2. The molecule has 0 spiro atoms. The van der Waals surface area contributed by atoms with Crippen LogP contribution < -0.4 is 11.1 Å². The molecule has 0 bridgehead atoms. The van der Waals surface area contributed by atoms with E-state index in [0.29, 0.717) is 10.3 Å². The molecule has 0 atom stereocenters. The summed E-state index contributed by atoms with van der Waals surface area (Å²) in [6.07, 6.45) is 6.18. The van der Waals surface area contributed by atoms with Gasteiger partial charge in [-0.25, -0.2) is 0 Å². The topological polar surface area (TPSA) is 55.1 Å². The second kappa shape index (κ2) is 5.42. The van der Waals surface area contributed by atoms with Crippen LogP contribution in [0.4, 0.5) is 0 Å². The lowest BCUT2D eigenvalue weighted by atomic mass is 9.84. The maximum absolute atomic E-state index is 11.0. The molecule has 3 N–H and O–H groups in total. The summed E-state index contributed by atoms with van der Waals surface area (Å²) in [5.74, 6) is -0.341. The van der Waals surface area contributed by atoms with Crippen LogP contribution in [0.25, 0.3) is 0 Å². The fourth-order valence-electron chi connectivity index (χ4n) is 2.04. The predicted molar refractivity (Wildman–Crippen MR) is 74.6 cm³/mol. The third-order valence-electron chi connectivity index (χ3n) is 3.38. The average molecular weight is 270 g/mol. The lowest BCUT2D eigenvalue weighted by Gasteiger charge is -2.40. The first kappa shape index (κ1) is 12.9. The third-order valence-corrected chi connectivity index (χ3v) is 5.74. The van der Waals surface area contributed by atoms with Gasteiger partial charge in [-0.3, -0.25) is 4.79 Å². The highest BCUT2D eigenvalue weighted by Gasteiger charge is 2.35. The molecule has 5 heteroatoms. The first-order valence-corrected chi connectivity index (χ1v) is 7.89. The second-order valence-corrected chi connectivity index (χ2v) is 6.78. The van der Waals surface area contributed by atoms with E-state index in [4.69, 9.17) is 5.73 Å². The summed E-state index contributed by atoms with van der Waals surface area (Å²) in [4.78, 5) is 12.1. The van der Waals surface area contributed by atoms with Crippen molar-refractivity contribution in [3.63, 3.8) is 0 Å². The molecule has 1 aliphatic carbocycles. The van der Waals surface area contributed by atoms with E-state index in [1.807, 2.05) is 23.2 Å². The monoisotopic (exact) mass is 270 g/mol. The van der Waals surface area contributed by atoms with Crippen LogP contribution in [0.3, 0.4) is 0 Å². The molecule has 3 nitrogen and oxygen atoms in total. The van der Waals surface area contributed by atoms with E-state index in [1.165, 1.54) is 24.1 Å². The lowest BCUT2D eigenvalue weighted by Crippen LogP contribution is -2.43. The van der Waals surface area contributed by atoms with Crippen molar-refractivity contribution in [1.82, 2.24) is 5.32 Å². The number of carbonyl (C=O) groups is 1. The van der Waals surface area contributed by atoms with Crippen molar-refractivity contribution in [3.8, 4) is 0 Å². The standard InChI is InChI=1S/C12H18N2OS2/c1-16-12(3-2-4-12)8-14-6-10-5-9(7-17-10)11(13)15/h5,7,14H,2-4,6,8H2,1H3,(H2,13,15). The third kappa shape index (κ3) is 3.03. The highest BCUT2D eigenvalue weighted by molar-refractivity contribution is 8.00. The Morgan fingerprint density at radius 3 is 2.88 bits per heavy atom. The summed E-state index contributed by atoms with van der Waals surface area (Å²) in [5.41, 5.74) is 5.84. The van der Waals surface area contributed by atoms with E-state index in [1.54, 1.807) is 11.3 Å². The van der Waals surface area contributed by atoms with Crippen molar-refractivity contribution in [2.45, 2.75) is 30.6 Å². The number of nitrogens with one attached hydrogen (secondary N) is 1. The molecular weight excluding hydrogens is 252 g/mol. The first-order chi connectivity index (χ1) is 8.15. The molecule has 1 fully saturated rings. The summed E-state index contributed by atoms with van der Waals surface area (Å²) in [6.45, 7) is 1.89. The zero-order valence-corrected chi connectivity index (χ0v) is 11.6. The van der Waals surface area contributed by atoms with Crippen molar-refractivity contribution in [2.75, 3.05) is 12.8 Å². The summed E-state index contributed by atoms with van der Waals surface area (Å²) in [6, 6.07) is 1.88. The Balaban J connectivity index is 1.79. The Labute approximate surface area is 110 Å². The van der Waals surface area contributed by atoms with Gasteiger partial charge >= 0.3 is 0 Å². The molecule has 0 radical (unpaired) electrons. The Kier molecular flexibility index (Phi) is 4.12. The normalized spacial score (nSPS) is 17.7. The van der Waals surface area contributed by atoms with Gasteiger partial charge in [0.25, 0.3) is 0 Å². The highest BCUT2D eigenvalue weighted by atomic mass is 32.2. The predicted octanol–water partition coefficient (Wildman–Crippen LogP) is 2.22. The number of hydrogen-bond donors (Lipinski definition) is 2. The smallest absolute Gasteiger partial charge is 0.249 e. The molecule has 1 heterocycles. The van der Waals surface area contributed by atoms with Gasteiger partial charge in [0.2, 0.25) is 5.91 Å². The van der Waals surface area contributed by atoms with Crippen molar-refractivity contribution < 1.29 is 4.79 Å². The van der Waals surface area contributed by atoms with Gasteiger partial charge in [-0.1, -0.05) is 6.42 Å². The van der Waals surface area contributed by atoms with Crippen molar-refractivity contribution in [3.05, 3.63) is 21.9 Å². The molecule has 2 rings (SSSR count). The summed E-state index contributed by atoms with van der Waals surface area (Å²) < 4.78 is 0.462. The molecule has 1 amide bonds. The number of carbonyl (C=O) groups excluding carboxylic acids is 1. The van der Waals surface area contributed by atoms with Gasteiger partial charge in [-0.2, -0.15) is 11.8 Å². The Morgan fingerprint density at radius 2 is 2.41 bits per heavy atom. The Hall–Kier alpha value is -0.520.